The van der Waals surface area contributed by atoms with Crippen LogP contribution < -0.4 is 0 Å². The van der Waals surface area contributed by atoms with Crippen LogP contribution in [0.3, 0.4) is 0 Å². The van der Waals surface area contributed by atoms with E-state index in [1.807, 2.05) is 11.7 Å². The van der Waals surface area contributed by atoms with Gasteiger partial charge in [-0.15, -0.1) is 12.4 Å². The Morgan fingerprint density at radius 1 is 0.880 bits per heavy atom. The van der Waals surface area contributed by atoms with Crippen LogP contribution in [0.4, 0.5) is 0 Å². The SMILES string of the molecule is CN1C/C(=C\c2ccccc2)c2nn(C)c(-c3ccccc3)c2C1.Cl. The normalized spacial score (nSPS) is 15.7. The van der Waals surface area contributed by atoms with Crippen LogP contribution in [0.2, 0.25) is 0 Å². The molecule has 2 aromatic carbocycles. The summed E-state index contributed by atoms with van der Waals surface area (Å²) in [6, 6.07) is 21.0. The molecule has 1 aliphatic heterocycles. The van der Waals surface area contributed by atoms with Crippen molar-refractivity contribution in [3.63, 3.8) is 0 Å². The summed E-state index contributed by atoms with van der Waals surface area (Å²) in [5.41, 5.74) is 7.40. The molecule has 3 aromatic rings. The summed E-state index contributed by atoms with van der Waals surface area (Å²) in [6.07, 6.45) is 2.26. The molecule has 0 radical (unpaired) electrons. The van der Waals surface area contributed by atoms with Crippen molar-refractivity contribution >= 4 is 24.1 Å². The Morgan fingerprint density at radius 3 is 2.20 bits per heavy atom. The largest absolute Gasteiger partial charge is 0.298 e. The van der Waals surface area contributed by atoms with Crippen molar-refractivity contribution in [1.29, 1.82) is 0 Å². The maximum absolute atomic E-state index is 4.86. The first-order valence-corrected chi connectivity index (χ1v) is 8.28. The fraction of sp³-hybridized carbons (Fsp3) is 0.190. The number of rotatable bonds is 2. The van der Waals surface area contributed by atoms with Crippen molar-refractivity contribution in [2.45, 2.75) is 6.54 Å². The average molecular weight is 352 g/mol. The minimum atomic E-state index is 0. The molecule has 0 spiro atoms. The second-order valence-electron chi connectivity index (χ2n) is 6.42. The zero-order valence-electron chi connectivity index (χ0n) is 14.5. The number of halogens is 1. The van der Waals surface area contributed by atoms with E-state index in [1.54, 1.807) is 0 Å². The van der Waals surface area contributed by atoms with Crippen molar-refractivity contribution < 1.29 is 0 Å². The molecule has 0 unspecified atom stereocenters. The van der Waals surface area contributed by atoms with Crippen LogP contribution in [-0.4, -0.2) is 28.3 Å². The molecule has 0 amide bonds. The van der Waals surface area contributed by atoms with Gasteiger partial charge in [0, 0.05) is 31.3 Å². The summed E-state index contributed by atoms with van der Waals surface area (Å²) in [5.74, 6) is 0. The molecule has 25 heavy (non-hydrogen) atoms. The van der Waals surface area contributed by atoms with Gasteiger partial charge in [-0.1, -0.05) is 60.7 Å². The molecule has 2 heterocycles. The molecule has 1 aliphatic rings. The molecule has 4 heteroatoms. The van der Waals surface area contributed by atoms with E-state index in [4.69, 9.17) is 5.10 Å². The first-order chi connectivity index (χ1) is 11.7. The minimum Gasteiger partial charge on any atom is -0.298 e. The second-order valence-corrected chi connectivity index (χ2v) is 6.42. The van der Waals surface area contributed by atoms with E-state index in [0.29, 0.717) is 0 Å². The van der Waals surface area contributed by atoms with Gasteiger partial charge in [0.25, 0.3) is 0 Å². The van der Waals surface area contributed by atoms with Crippen LogP contribution in [0.25, 0.3) is 22.9 Å². The molecule has 0 saturated carbocycles. The van der Waals surface area contributed by atoms with Gasteiger partial charge in [0.1, 0.15) is 0 Å². The number of nitrogens with zero attached hydrogens (tertiary/aromatic N) is 3. The Kier molecular flexibility index (Phi) is 5.07. The summed E-state index contributed by atoms with van der Waals surface area (Å²) < 4.78 is 2.03. The number of benzene rings is 2. The van der Waals surface area contributed by atoms with E-state index >= 15 is 0 Å². The summed E-state index contributed by atoms with van der Waals surface area (Å²) in [5, 5.41) is 4.86. The lowest BCUT2D eigenvalue weighted by molar-refractivity contribution is 0.360. The van der Waals surface area contributed by atoms with Crippen LogP contribution in [0.15, 0.2) is 60.7 Å². The van der Waals surface area contributed by atoms with E-state index in [1.165, 1.54) is 28.0 Å². The number of likely N-dealkylation sites (N-methyl/N-ethyl adjacent to an activating group) is 1. The molecular weight excluding hydrogens is 330 g/mol. The highest BCUT2D eigenvalue weighted by atomic mass is 35.5. The maximum atomic E-state index is 4.86. The number of aromatic nitrogens is 2. The van der Waals surface area contributed by atoms with Gasteiger partial charge < -0.3 is 0 Å². The van der Waals surface area contributed by atoms with Gasteiger partial charge in [-0.05, 0) is 24.3 Å². The third kappa shape index (κ3) is 3.39. The molecule has 0 aliphatic carbocycles. The van der Waals surface area contributed by atoms with Gasteiger partial charge in [-0.3, -0.25) is 9.58 Å². The van der Waals surface area contributed by atoms with Crippen LogP contribution in [-0.2, 0) is 13.6 Å². The smallest absolute Gasteiger partial charge is 0.0947 e. The highest BCUT2D eigenvalue weighted by Gasteiger charge is 2.26. The number of hydrogen-bond donors (Lipinski definition) is 0. The van der Waals surface area contributed by atoms with E-state index in [-0.39, 0.29) is 12.4 Å². The van der Waals surface area contributed by atoms with Gasteiger partial charge in [0.15, 0.2) is 0 Å². The highest BCUT2D eigenvalue weighted by molar-refractivity contribution is 5.86. The first-order valence-electron chi connectivity index (χ1n) is 8.28. The summed E-state index contributed by atoms with van der Waals surface area (Å²) in [4.78, 5) is 2.35. The van der Waals surface area contributed by atoms with Gasteiger partial charge in [0.2, 0.25) is 0 Å². The minimum absolute atomic E-state index is 0. The Bertz CT molecular complexity index is 882. The number of fused-ring (bicyclic) bond motifs is 1. The molecule has 0 saturated heterocycles. The summed E-state index contributed by atoms with van der Waals surface area (Å²) >= 11 is 0. The van der Waals surface area contributed by atoms with Crippen molar-refractivity contribution in [3.05, 3.63) is 77.5 Å². The third-order valence-corrected chi connectivity index (χ3v) is 4.51. The molecule has 0 atom stereocenters. The lowest BCUT2D eigenvalue weighted by Crippen LogP contribution is -2.25. The van der Waals surface area contributed by atoms with E-state index in [0.717, 1.165) is 18.8 Å². The lowest BCUT2D eigenvalue weighted by Gasteiger charge is -2.25. The number of hydrogen-bond acceptors (Lipinski definition) is 2. The molecule has 0 bridgehead atoms. The summed E-state index contributed by atoms with van der Waals surface area (Å²) in [7, 11) is 4.21. The Labute approximate surface area is 155 Å². The molecular formula is C21H22ClN3. The lowest BCUT2D eigenvalue weighted by atomic mass is 9.96. The molecule has 1 aromatic heterocycles. The maximum Gasteiger partial charge on any atom is 0.0947 e. The predicted molar refractivity (Wildman–Crippen MR) is 107 cm³/mol. The van der Waals surface area contributed by atoms with Crippen molar-refractivity contribution in [2.24, 2.45) is 7.05 Å². The third-order valence-electron chi connectivity index (χ3n) is 4.51. The topological polar surface area (TPSA) is 21.1 Å². The van der Waals surface area contributed by atoms with E-state index in [9.17, 15) is 0 Å². The zero-order valence-corrected chi connectivity index (χ0v) is 15.3. The van der Waals surface area contributed by atoms with Crippen LogP contribution in [0.1, 0.15) is 16.8 Å². The monoisotopic (exact) mass is 351 g/mol. The second kappa shape index (κ2) is 7.26. The van der Waals surface area contributed by atoms with E-state index in [2.05, 4.69) is 78.7 Å². The summed E-state index contributed by atoms with van der Waals surface area (Å²) in [6.45, 7) is 1.85. The van der Waals surface area contributed by atoms with Gasteiger partial charge in [0.05, 0.1) is 11.4 Å². The van der Waals surface area contributed by atoms with Crippen LogP contribution >= 0.6 is 12.4 Å². The highest BCUT2D eigenvalue weighted by Crippen LogP contribution is 2.34. The zero-order chi connectivity index (χ0) is 16.5. The van der Waals surface area contributed by atoms with Crippen LogP contribution in [0, 0.1) is 0 Å². The van der Waals surface area contributed by atoms with Gasteiger partial charge in [-0.2, -0.15) is 5.10 Å². The molecule has 3 nitrogen and oxygen atoms in total. The molecule has 4 rings (SSSR count). The standard InChI is InChI=1S/C21H21N3.ClH/c1-23-14-18(13-16-9-5-3-6-10-16)20-19(15-23)21(24(2)22-20)17-11-7-4-8-12-17;/h3-13H,14-15H2,1-2H3;1H/b18-13+;. The van der Waals surface area contributed by atoms with Crippen LogP contribution in [0.5, 0.6) is 0 Å². The quantitative estimate of drug-likeness (QED) is 0.678. The molecule has 128 valence electrons. The first kappa shape index (κ1) is 17.5. The number of aryl methyl sites for hydroxylation is 1. The molecule has 0 N–H and O–H groups in total. The van der Waals surface area contributed by atoms with Gasteiger partial charge in [-0.25, -0.2) is 0 Å². The van der Waals surface area contributed by atoms with Gasteiger partial charge >= 0.3 is 0 Å². The Hall–Kier alpha value is -2.36. The predicted octanol–water partition coefficient (Wildman–Crippen LogP) is 4.49. The fourth-order valence-corrected chi connectivity index (χ4v) is 3.49. The Balaban J connectivity index is 0.00000182. The van der Waals surface area contributed by atoms with Crippen molar-refractivity contribution in [3.8, 4) is 11.3 Å². The van der Waals surface area contributed by atoms with E-state index < -0.39 is 0 Å². The Morgan fingerprint density at radius 2 is 1.52 bits per heavy atom. The average Bonchev–Trinajstić information content (AvgIpc) is 2.93. The fourth-order valence-electron chi connectivity index (χ4n) is 3.49. The van der Waals surface area contributed by atoms with Crippen molar-refractivity contribution in [1.82, 2.24) is 14.7 Å². The van der Waals surface area contributed by atoms with Crippen molar-refractivity contribution in [2.75, 3.05) is 13.6 Å². The molecule has 0 fully saturated rings.